The lowest BCUT2D eigenvalue weighted by atomic mass is 10.2. The van der Waals surface area contributed by atoms with Crippen molar-refractivity contribution in [3.05, 3.63) is 52.7 Å². The SMILES string of the molecule is NNC(Cc1ccsc1)=Nc1ccccc1. The summed E-state index contributed by atoms with van der Waals surface area (Å²) in [7, 11) is 0. The number of hydrazine groups is 1. The maximum atomic E-state index is 5.46. The lowest BCUT2D eigenvalue weighted by Gasteiger charge is -2.04. The topological polar surface area (TPSA) is 50.4 Å². The molecule has 2 aromatic rings. The number of aliphatic imine (C=N–C) groups is 1. The molecule has 0 amide bonds. The van der Waals surface area contributed by atoms with Crippen LogP contribution in [0.25, 0.3) is 0 Å². The van der Waals surface area contributed by atoms with Crippen molar-refractivity contribution < 1.29 is 0 Å². The first-order chi connectivity index (χ1) is 7.88. The van der Waals surface area contributed by atoms with E-state index < -0.39 is 0 Å². The van der Waals surface area contributed by atoms with Crippen molar-refractivity contribution in [1.82, 2.24) is 5.43 Å². The maximum absolute atomic E-state index is 5.46. The molecule has 0 saturated carbocycles. The zero-order valence-corrected chi connectivity index (χ0v) is 9.58. The van der Waals surface area contributed by atoms with Crippen LogP contribution in [0.2, 0.25) is 0 Å². The molecule has 0 unspecified atom stereocenters. The zero-order valence-electron chi connectivity index (χ0n) is 8.76. The van der Waals surface area contributed by atoms with Gasteiger partial charge in [0.15, 0.2) is 0 Å². The number of hydrogen-bond acceptors (Lipinski definition) is 3. The fraction of sp³-hybridized carbons (Fsp3) is 0.0833. The Kier molecular flexibility index (Phi) is 3.69. The minimum absolute atomic E-state index is 0.731. The molecular weight excluding hydrogens is 218 g/mol. The quantitative estimate of drug-likeness (QED) is 0.369. The summed E-state index contributed by atoms with van der Waals surface area (Å²) in [6, 6.07) is 11.8. The molecule has 0 bridgehead atoms. The predicted octanol–water partition coefficient (Wildman–Crippen LogP) is 2.48. The molecule has 0 aliphatic heterocycles. The zero-order chi connectivity index (χ0) is 11.2. The fourth-order valence-electron chi connectivity index (χ4n) is 1.37. The molecule has 3 nitrogen and oxygen atoms in total. The lowest BCUT2D eigenvalue weighted by Crippen LogP contribution is -2.31. The summed E-state index contributed by atoms with van der Waals surface area (Å²) in [5, 5.41) is 4.14. The highest BCUT2D eigenvalue weighted by molar-refractivity contribution is 7.08. The van der Waals surface area contributed by atoms with Gasteiger partial charge in [-0.15, -0.1) is 0 Å². The van der Waals surface area contributed by atoms with Gasteiger partial charge in [0.05, 0.1) is 5.69 Å². The highest BCUT2D eigenvalue weighted by Gasteiger charge is 2.00. The third-order valence-electron chi connectivity index (χ3n) is 2.14. The van der Waals surface area contributed by atoms with Crippen molar-refractivity contribution in [3.8, 4) is 0 Å². The largest absolute Gasteiger partial charge is 0.312 e. The highest BCUT2D eigenvalue weighted by Crippen LogP contribution is 2.12. The van der Waals surface area contributed by atoms with E-state index in [2.05, 4.69) is 21.9 Å². The second-order valence-corrected chi connectivity index (χ2v) is 4.13. The Bertz CT molecular complexity index is 448. The molecule has 4 heteroatoms. The molecule has 1 aromatic heterocycles. The normalized spacial score (nSPS) is 11.4. The number of nitrogens with one attached hydrogen (secondary N) is 1. The van der Waals surface area contributed by atoms with E-state index >= 15 is 0 Å². The minimum atomic E-state index is 0.731. The van der Waals surface area contributed by atoms with Crippen LogP contribution in [0.1, 0.15) is 5.56 Å². The summed E-state index contributed by atoms with van der Waals surface area (Å²) < 4.78 is 0. The van der Waals surface area contributed by atoms with Crippen LogP contribution in [0, 0.1) is 0 Å². The van der Waals surface area contributed by atoms with E-state index in [1.807, 2.05) is 35.7 Å². The summed E-state index contributed by atoms with van der Waals surface area (Å²) in [5.41, 5.74) is 4.77. The average Bonchev–Trinajstić information content (AvgIpc) is 2.82. The van der Waals surface area contributed by atoms with Gasteiger partial charge in [0.2, 0.25) is 0 Å². The van der Waals surface area contributed by atoms with Gasteiger partial charge in [-0.25, -0.2) is 10.8 Å². The Labute approximate surface area is 98.6 Å². The van der Waals surface area contributed by atoms with Gasteiger partial charge in [0, 0.05) is 6.42 Å². The van der Waals surface area contributed by atoms with Crippen LogP contribution >= 0.6 is 11.3 Å². The molecular formula is C12H13N3S. The number of hydrogen-bond donors (Lipinski definition) is 2. The first-order valence-corrected chi connectivity index (χ1v) is 5.93. The summed E-state index contributed by atoms with van der Waals surface area (Å²) in [6.07, 6.45) is 0.731. The smallest absolute Gasteiger partial charge is 0.121 e. The van der Waals surface area contributed by atoms with Crippen LogP contribution in [-0.2, 0) is 6.42 Å². The van der Waals surface area contributed by atoms with Crippen molar-refractivity contribution in [1.29, 1.82) is 0 Å². The molecule has 0 fully saturated rings. The van der Waals surface area contributed by atoms with Crippen molar-refractivity contribution in [2.45, 2.75) is 6.42 Å². The minimum Gasteiger partial charge on any atom is -0.312 e. The number of para-hydroxylation sites is 1. The summed E-state index contributed by atoms with van der Waals surface area (Å²) in [6.45, 7) is 0. The molecule has 1 heterocycles. The molecule has 3 N–H and O–H groups in total. The Balaban J connectivity index is 2.14. The molecule has 0 aliphatic carbocycles. The molecule has 0 aliphatic rings. The van der Waals surface area contributed by atoms with Crippen LogP contribution < -0.4 is 11.3 Å². The Morgan fingerprint density at radius 2 is 2.06 bits per heavy atom. The van der Waals surface area contributed by atoms with E-state index in [-0.39, 0.29) is 0 Å². The fourth-order valence-corrected chi connectivity index (χ4v) is 2.04. The lowest BCUT2D eigenvalue weighted by molar-refractivity contribution is 0.989. The van der Waals surface area contributed by atoms with Gasteiger partial charge in [-0.1, -0.05) is 18.2 Å². The standard InChI is InChI=1S/C12H13N3S/c13-15-12(8-10-6-7-16-9-10)14-11-4-2-1-3-5-11/h1-7,9H,8,13H2,(H,14,15). The van der Waals surface area contributed by atoms with E-state index in [1.165, 1.54) is 5.56 Å². The van der Waals surface area contributed by atoms with Crippen molar-refractivity contribution in [3.63, 3.8) is 0 Å². The van der Waals surface area contributed by atoms with Gasteiger partial charge >= 0.3 is 0 Å². The first-order valence-electron chi connectivity index (χ1n) is 4.99. The number of nitrogens with zero attached hydrogens (tertiary/aromatic N) is 1. The summed E-state index contributed by atoms with van der Waals surface area (Å²) in [4.78, 5) is 4.44. The van der Waals surface area contributed by atoms with Crippen molar-refractivity contribution in [2.24, 2.45) is 10.8 Å². The van der Waals surface area contributed by atoms with E-state index in [9.17, 15) is 0 Å². The molecule has 2 rings (SSSR count). The highest BCUT2D eigenvalue weighted by atomic mass is 32.1. The Morgan fingerprint density at radius 3 is 2.69 bits per heavy atom. The van der Waals surface area contributed by atoms with Gasteiger partial charge in [0.25, 0.3) is 0 Å². The number of rotatable bonds is 3. The van der Waals surface area contributed by atoms with E-state index in [1.54, 1.807) is 11.3 Å². The molecule has 0 radical (unpaired) electrons. The Morgan fingerprint density at radius 1 is 1.25 bits per heavy atom. The third-order valence-corrected chi connectivity index (χ3v) is 2.87. The summed E-state index contributed by atoms with van der Waals surface area (Å²) in [5.74, 6) is 6.23. The second-order valence-electron chi connectivity index (χ2n) is 3.35. The van der Waals surface area contributed by atoms with E-state index in [0.717, 1.165) is 17.9 Å². The van der Waals surface area contributed by atoms with Crippen LogP contribution in [-0.4, -0.2) is 5.84 Å². The van der Waals surface area contributed by atoms with Gasteiger partial charge in [-0.2, -0.15) is 11.3 Å². The van der Waals surface area contributed by atoms with Crippen LogP contribution in [0.5, 0.6) is 0 Å². The monoisotopic (exact) mass is 231 g/mol. The Hall–Kier alpha value is -1.65. The van der Waals surface area contributed by atoms with E-state index in [0.29, 0.717) is 0 Å². The second kappa shape index (κ2) is 5.44. The molecule has 0 saturated heterocycles. The predicted molar refractivity (Wildman–Crippen MR) is 68.9 cm³/mol. The van der Waals surface area contributed by atoms with E-state index in [4.69, 9.17) is 5.84 Å². The first kappa shape index (κ1) is 10.9. The van der Waals surface area contributed by atoms with Crippen molar-refractivity contribution >= 4 is 22.9 Å². The molecule has 0 spiro atoms. The third kappa shape index (κ3) is 2.92. The van der Waals surface area contributed by atoms with Crippen LogP contribution in [0.15, 0.2) is 52.2 Å². The molecule has 82 valence electrons. The summed E-state index contributed by atoms with van der Waals surface area (Å²) >= 11 is 1.67. The van der Waals surface area contributed by atoms with Crippen LogP contribution in [0.4, 0.5) is 5.69 Å². The van der Waals surface area contributed by atoms with Crippen LogP contribution in [0.3, 0.4) is 0 Å². The number of amidine groups is 1. The van der Waals surface area contributed by atoms with Gasteiger partial charge in [-0.3, -0.25) is 0 Å². The molecule has 1 aromatic carbocycles. The van der Waals surface area contributed by atoms with Crippen molar-refractivity contribution in [2.75, 3.05) is 0 Å². The molecule has 0 atom stereocenters. The van der Waals surface area contributed by atoms with Gasteiger partial charge in [-0.05, 0) is 34.5 Å². The maximum Gasteiger partial charge on any atom is 0.121 e. The van der Waals surface area contributed by atoms with Gasteiger partial charge < -0.3 is 5.43 Å². The molecule has 16 heavy (non-hydrogen) atoms. The number of nitrogens with two attached hydrogens (primary N) is 1. The number of benzene rings is 1. The average molecular weight is 231 g/mol. The number of thiophene rings is 1. The van der Waals surface area contributed by atoms with Gasteiger partial charge in [0.1, 0.15) is 5.84 Å².